The number of halogens is 3. The smallest absolute Gasteiger partial charge is 0.129 e. The van der Waals surface area contributed by atoms with Crippen molar-refractivity contribution >= 4 is 34.2 Å². The van der Waals surface area contributed by atoms with Gasteiger partial charge in [0.05, 0.1) is 28.2 Å². The Bertz CT molecular complexity index is 880. The summed E-state index contributed by atoms with van der Waals surface area (Å²) in [5, 5.41) is 9.77. The first-order chi connectivity index (χ1) is 10.1. The molecule has 0 aliphatic heterocycles. The van der Waals surface area contributed by atoms with E-state index >= 15 is 0 Å². The Morgan fingerprint density at radius 2 is 2.05 bits per heavy atom. The van der Waals surface area contributed by atoms with Crippen LogP contribution in [-0.2, 0) is 5.88 Å². The van der Waals surface area contributed by atoms with Crippen molar-refractivity contribution in [2.75, 3.05) is 0 Å². The Morgan fingerprint density at radius 1 is 1.24 bits per heavy atom. The Hall–Kier alpha value is -2.09. The number of rotatable bonds is 2. The molecule has 0 spiro atoms. The standard InChI is InChI=1S/C15H8Cl2FN3/c16-7-15-20-12-3-1-10(17)6-14(12)21(15)13-4-2-11(18)5-9(13)8-19/h1-6H,7H2. The Morgan fingerprint density at radius 3 is 2.76 bits per heavy atom. The second-order valence-electron chi connectivity index (χ2n) is 4.40. The normalized spacial score (nSPS) is 10.8. The van der Waals surface area contributed by atoms with Crippen LogP contribution in [0.5, 0.6) is 0 Å². The zero-order valence-corrected chi connectivity index (χ0v) is 12.2. The van der Waals surface area contributed by atoms with Gasteiger partial charge >= 0.3 is 0 Å². The molecule has 0 saturated carbocycles. The number of hydrogen-bond acceptors (Lipinski definition) is 2. The van der Waals surface area contributed by atoms with Crippen molar-refractivity contribution in [3.63, 3.8) is 0 Å². The van der Waals surface area contributed by atoms with Gasteiger partial charge in [0, 0.05) is 5.02 Å². The van der Waals surface area contributed by atoms with E-state index in [0.29, 0.717) is 22.1 Å². The monoisotopic (exact) mass is 319 g/mol. The van der Waals surface area contributed by atoms with Gasteiger partial charge in [0.25, 0.3) is 0 Å². The van der Waals surface area contributed by atoms with E-state index in [1.165, 1.54) is 18.2 Å². The lowest BCUT2D eigenvalue weighted by Crippen LogP contribution is -2.02. The van der Waals surface area contributed by atoms with E-state index in [0.717, 1.165) is 5.52 Å². The predicted octanol–water partition coefficient (Wildman–Crippen LogP) is 4.43. The molecule has 0 aliphatic carbocycles. The van der Waals surface area contributed by atoms with E-state index < -0.39 is 5.82 Å². The number of hydrogen-bond donors (Lipinski definition) is 0. The van der Waals surface area contributed by atoms with Crippen molar-refractivity contribution in [1.82, 2.24) is 9.55 Å². The second kappa shape index (κ2) is 5.36. The summed E-state index contributed by atoms with van der Waals surface area (Å²) in [6.07, 6.45) is 0. The van der Waals surface area contributed by atoms with Crippen LogP contribution in [0.1, 0.15) is 11.4 Å². The molecule has 0 radical (unpaired) electrons. The predicted molar refractivity (Wildman–Crippen MR) is 80.3 cm³/mol. The summed E-state index contributed by atoms with van der Waals surface area (Å²) in [5.41, 5.74) is 2.17. The van der Waals surface area contributed by atoms with E-state index in [4.69, 9.17) is 23.2 Å². The first-order valence-corrected chi connectivity index (χ1v) is 6.98. The van der Waals surface area contributed by atoms with Crippen LogP contribution in [0.25, 0.3) is 16.7 Å². The molecular formula is C15H8Cl2FN3. The molecular weight excluding hydrogens is 312 g/mol. The van der Waals surface area contributed by atoms with Crippen LogP contribution in [0.4, 0.5) is 4.39 Å². The van der Waals surface area contributed by atoms with Crippen LogP contribution >= 0.6 is 23.2 Å². The number of benzene rings is 2. The minimum absolute atomic E-state index is 0.161. The van der Waals surface area contributed by atoms with Crippen molar-refractivity contribution in [3.8, 4) is 11.8 Å². The maximum atomic E-state index is 13.3. The van der Waals surface area contributed by atoms with E-state index in [-0.39, 0.29) is 11.4 Å². The van der Waals surface area contributed by atoms with Crippen LogP contribution in [0.3, 0.4) is 0 Å². The summed E-state index contributed by atoms with van der Waals surface area (Å²) in [5.74, 6) is 0.261. The Kier molecular flexibility index (Phi) is 3.54. The van der Waals surface area contributed by atoms with Gasteiger partial charge in [-0.25, -0.2) is 9.37 Å². The average Bonchev–Trinajstić information content (AvgIpc) is 2.84. The lowest BCUT2D eigenvalue weighted by molar-refractivity contribution is 0.627. The molecule has 3 nitrogen and oxygen atoms in total. The number of aromatic nitrogens is 2. The summed E-state index contributed by atoms with van der Waals surface area (Å²) in [7, 11) is 0. The van der Waals surface area contributed by atoms with Gasteiger partial charge in [0.1, 0.15) is 17.7 Å². The van der Waals surface area contributed by atoms with Crippen LogP contribution in [0.2, 0.25) is 5.02 Å². The van der Waals surface area contributed by atoms with E-state index in [1.54, 1.807) is 22.8 Å². The van der Waals surface area contributed by atoms with Gasteiger partial charge in [0.15, 0.2) is 0 Å². The molecule has 0 unspecified atom stereocenters. The van der Waals surface area contributed by atoms with Crippen LogP contribution < -0.4 is 0 Å². The summed E-state index contributed by atoms with van der Waals surface area (Å²) in [6.45, 7) is 0. The van der Waals surface area contributed by atoms with Gasteiger partial charge in [0.2, 0.25) is 0 Å². The topological polar surface area (TPSA) is 41.6 Å². The third-order valence-electron chi connectivity index (χ3n) is 3.13. The van der Waals surface area contributed by atoms with E-state index in [9.17, 15) is 9.65 Å². The Labute approximate surface area is 130 Å². The number of nitriles is 1. The number of alkyl halides is 1. The summed E-state index contributed by atoms with van der Waals surface area (Å²) in [6, 6.07) is 11.3. The maximum Gasteiger partial charge on any atom is 0.129 e. The molecule has 21 heavy (non-hydrogen) atoms. The second-order valence-corrected chi connectivity index (χ2v) is 5.11. The Balaban J connectivity index is 2.39. The molecule has 0 aliphatic rings. The highest BCUT2D eigenvalue weighted by molar-refractivity contribution is 6.31. The number of nitrogens with zero attached hydrogens (tertiary/aromatic N) is 3. The van der Waals surface area contributed by atoms with Gasteiger partial charge in [-0.05, 0) is 36.4 Å². The molecule has 0 saturated heterocycles. The third-order valence-corrected chi connectivity index (χ3v) is 3.60. The lowest BCUT2D eigenvalue weighted by atomic mass is 10.2. The molecule has 0 N–H and O–H groups in total. The zero-order valence-electron chi connectivity index (χ0n) is 10.6. The first kappa shape index (κ1) is 13.9. The highest BCUT2D eigenvalue weighted by atomic mass is 35.5. The quantitative estimate of drug-likeness (QED) is 0.656. The van der Waals surface area contributed by atoms with E-state index in [1.807, 2.05) is 6.07 Å². The number of imidazole rings is 1. The van der Waals surface area contributed by atoms with Crippen LogP contribution in [0.15, 0.2) is 36.4 Å². The van der Waals surface area contributed by atoms with Gasteiger partial charge in [-0.3, -0.25) is 4.57 Å². The molecule has 0 atom stereocenters. The molecule has 0 amide bonds. The van der Waals surface area contributed by atoms with Crippen molar-refractivity contribution in [2.24, 2.45) is 0 Å². The fourth-order valence-corrected chi connectivity index (χ4v) is 2.60. The molecule has 1 aromatic heterocycles. The van der Waals surface area contributed by atoms with Gasteiger partial charge < -0.3 is 0 Å². The lowest BCUT2D eigenvalue weighted by Gasteiger charge is -2.10. The molecule has 3 rings (SSSR count). The highest BCUT2D eigenvalue weighted by Crippen LogP contribution is 2.27. The highest BCUT2D eigenvalue weighted by Gasteiger charge is 2.15. The molecule has 6 heteroatoms. The van der Waals surface area contributed by atoms with Gasteiger partial charge in [-0.15, -0.1) is 11.6 Å². The van der Waals surface area contributed by atoms with Crippen molar-refractivity contribution in [1.29, 1.82) is 5.26 Å². The fourth-order valence-electron chi connectivity index (χ4n) is 2.25. The molecule has 2 aromatic carbocycles. The fraction of sp³-hybridized carbons (Fsp3) is 0.0667. The molecule has 0 bridgehead atoms. The summed E-state index contributed by atoms with van der Waals surface area (Å²) < 4.78 is 15.0. The molecule has 104 valence electrons. The van der Waals surface area contributed by atoms with Crippen molar-refractivity contribution in [2.45, 2.75) is 5.88 Å². The summed E-state index contributed by atoms with van der Waals surface area (Å²) in [4.78, 5) is 4.42. The first-order valence-electron chi connectivity index (χ1n) is 6.07. The molecule has 3 aromatic rings. The van der Waals surface area contributed by atoms with Gasteiger partial charge in [-0.1, -0.05) is 11.6 Å². The van der Waals surface area contributed by atoms with Gasteiger partial charge in [-0.2, -0.15) is 5.26 Å². The minimum atomic E-state index is -0.467. The van der Waals surface area contributed by atoms with Crippen molar-refractivity contribution < 1.29 is 4.39 Å². The largest absolute Gasteiger partial charge is 0.294 e. The zero-order chi connectivity index (χ0) is 15.0. The summed E-state index contributed by atoms with van der Waals surface area (Å²) >= 11 is 12.0. The van der Waals surface area contributed by atoms with Crippen LogP contribution in [0, 0.1) is 17.1 Å². The van der Waals surface area contributed by atoms with Crippen LogP contribution in [-0.4, -0.2) is 9.55 Å². The minimum Gasteiger partial charge on any atom is -0.294 e. The molecule has 1 heterocycles. The van der Waals surface area contributed by atoms with E-state index in [2.05, 4.69) is 4.98 Å². The number of fused-ring (bicyclic) bond motifs is 1. The van der Waals surface area contributed by atoms with Crippen molar-refractivity contribution in [3.05, 3.63) is 58.6 Å². The average molecular weight is 320 g/mol. The maximum absolute atomic E-state index is 13.3. The molecule has 0 fully saturated rings. The SMILES string of the molecule is N#Cc1cc(F)ccc1-n1c(CCl)nc2ccc(Cl)cc21. The third kappa shape index (κ3) is 2.35.